The third-order valence-electron chi connectivity index (χ3n) is 5.05. The van der Waals surface area contributed by atoms with Gasteiger partial charge in [0.1, 0.15) is 25.2 Å². The quantitative estimate of drug-likeness (QED) is 0.530. The highest BCUT2D eigenvalue weighted by atomic mass is 16.6. The fourth-order valence-corrected chi connectivity index (χ4v) is 3.53. The van der Waals surface area contributed by atoms with Crippen molar-refractivity contribution in [1.82, 2.24) is 15.5 Å². The first-order valence-corrected chi connectivity index (χ1v) is 11.0. The molecule has 0 aromatic heterocycles. The Bertz CT molecular complexity index is 783. The number of ether oxygens (including phenoxy) is 2. The monoisotopic (exact) mass is 447 g/mol. The first kappa shape index (κ1) is 25.2. The number of rotatable bonds is 10. The van der Waals surface area contributed by atoms with Crippen LogP contribution in [0.5, 0.6) is 0 Å². The SMILES string of the molecule is CCOC(=O)CNC(=O)C(CC(C)C)NC(=O)C1CCCN1C(=O)OCc1ccccc1. The Balaban J connectivity index is 1.95. The molecule has 2 unspecified atom stereocenters. The lowest BCUT2D eigenvalue weighted by Gasteiger charge is -2.26. The van der Waals surface area contributed by atoms with Gasteiger partial charge >= 0.3 is 12.1 Å². The minimum absolute atomic E-state index is 0.122. The van der Waals surface area contributed by atoms with Gasteiger partial charge in [0, 0.05) is 6.54 Å². The molecule has 1 saturated heterocycles. The van der Waals surface area contributed by atoms with Crippen molar-refractivity contribution in [2.45, 2.75) is 58.7 Å². The van der Waals surface area contributed by atoms with Crippen molar-refractivity contribution in [3.8, 4) is 0 Å². The van der Waals surface area contributed by atoms with Gasteiger partial charge in [0.05, 0.1) is 6.61 Å². The van der Waals surface area contributed by atoms with E-state index in [1.54, 1.807) is 6.92 Å². The average molecular weight is 448 g/mol. The van der Waals surface area contributed by atoms with E-state index in [0.29, 0.717) is 25.8 Å². The van der Waals surface area contributed by atoms with Crippen LogP contribution in [-0.4, -0.2) is 60.6 Å². The summed E-state index contributed by atoms with van der Waals surface area (Å²) in [7, 11) is 0. The summed E-state index contributed by atoms with van der Waals surface area (Å²) in [6.07, 6.45) is 0.998. The van der Waals surface area contributed by atoms with Crippen LogP contribution in [0.25, 0.3) is 0 Å². The number of amides is 3. The van der Waals surface area contributed by atoms with Gasteiger partial charge in [-0.1, -0.05) is 44.2 Å². The number of benzene rings is 1. The lowest BCUT2D eigenvalue weighted by atomic mass is 10.0. The molecular weight excluding hydrogens is 414 g/mol. The molecule has 2 atom stereocenters. The summed E-state index contributed by atoms with van der Waals surface area (Å²) < 4.78 is 10.2. The molecule has 0 aliphatic carbocycles. The zero-order valence-electron chi connectivity index (χ0n) is 19.0. The van der Waals surface area contributed by atoms with Crippen molar-refractivity contribution in [3.63, 3.8) is 0 Å². The number of carbonyl (C=O) groups is 4. The van der Waals surface area contributed by atoms with E-state index >= 15 is 0 Å². The summed E-state index contributed by atoms with van der Waals surface area (Å²) in [4.78, 5) is 51.0. The van der Waals surface area contributed by atoms with E-state index in [4.69, 9.17) is 9.47 Å². The van der Waals surface area contributed by atoms with Gasteiger partial charge in [0.25, 0.3) is 0 Å². The maximum atomic E-state index is 12.9. The van der Waals surface area contributed by atoms with E-state index in [1.165, 1.54) is 4.90 Å². The van der Waals surface area contributed by atoms with E-state index in [1.807, 2.05) is 44.2 Å². The highest BCUT2D eigenvalue weighted by molar-refractivity contribution is 5.92. The van der Waals surface area contributed by atoms with Gasteiger partial charge in [-0.25, -0.2) is 4.79 Å². The summed E-state index contributed by atoms with van der Waals surface area (Å²) in [5, 5.41) is 5.26. The predicted molar refractivity (Wildman–Crippen MR) is 117 cm³/mol. The molecule has 1 aliphatic heterocycles. The first-order chi connectivity index (χ1) is 15.3. The van der Waals surface area contributed by atoms with Crippen LogP contribution in [0.1, 0.15) is 45.6 Å². The highest BCUT2D eigenvalue weighted by Crippen LogP contribution is 2.20. The number of esters is 1. The van der Waals surface area contributed by atoms with Crippen molar-refractivity contribution in [1.29, 1.82) is 0 Å². The lowest BCUT2D eigenvalue weighted by molar-refractivity contribution is -0.143. The smallest absolute Gasteiger partial charge is 0.410 e. The molecule has 2 N–H and O–H groups in total. The molecule has 0 spiro atoms. The molecule has 1 heterocycles. The normalized spacial score (nSPS) is 16.4. The molecule has 3 amide bonds. The van der Waals surface area contributed by atoms with Crippen LogP contribution in [0.2, 0.25) is 0 Å². The number of nitrogens with zero attached hydrogens (tertiary/aromatic N) is 1. The highest BCUT2D eigenvalue weighted by Gasteiger charge is 2.37. The molecule has 1 aromatic rings. The molecule has 1 aromatic carbocycles. The van der Waals surface area contributed by atoms with Crippen LogP contribution >= 0.6 is 0 Å². The molecular formula is C23H33N3O6. The summed E-state index contributed by atoms with van der Waals surface area (Å²) in [5.74, 6) is -1.28. The van der Waals surface area contributed by atoms with Crippen molar-refractivity contribution in [2.24, 2.45) is 5.92 Å². The maximum absolute atomic E-state index is 12.9. The van der Waals surface area contributed by atoms with E-state index in [-0.39, 0.29) is 25.7 Å². The van der Waals surface area contributed by atoms with Crippen molar-refractivity contribution in [3.05, 3.63) is 35.9 Å². The third-order valence-corrected chi connectivity index (χ3v) is 5.05. The van der Waals surface area contributed by atoms with Crippen LogP contribution in [0, 0.1) is 5.92 Å². The zero-order valence-corrected chi connectivity index (χ0v) is 19.0. The summed E-state index contributed by atoms with van der Waals surface area (Å²) >= 11 is 0. The Morgan fingerprint density at radius 3 is 2.50 bits per heavy atom. The first-order valence-electron chi connectivity index (χ1n) is 11.0. The van der Waals surface area contributed by atoms with Crippen molar-refractivity contribution in [2.75, 3.05) is 19.7 Å². The second-order valence-electron chi connectivity index (χ2n) is 8.11. The minimum Gasteiger partial charge on any atom is -0.465 e. The summed E-state index contributed by atoms with van der Waals surface area (Å²) in [5.41, 5.74) is 0.858. The molecule has 2 rings (SSSR count). The number of likely N-dealkylation sites (tertiary alicyclic amines) is 1. The average Bonchev–Trinajstić information content (AvgIpc) is 3.26. The van der Waals surface area contributed by atoms with E-state index in [2.05, 4.69) is 10.6 Å². The number of hydrogen-bond donors (Lipinski definition) is 2. The molecule has 0 bridgehead atoms. The second kappa shape index (κ2) is 12.7. The number of hydrogen-bond acceptors (Lipinski definition) is 6. The predicted octanol–water partition coefficient (Wildman–Crippen LogP) is 2.00. The van der Waals surface area contributed by atoms with Gasteiger partial charge in [-0.15, -0.1) is 0 Å². The summed E-state index contributed by atoms with van der Waals surface area (Å²) in [6.45, 7) is 6.03. The van der Waals surface area contributed by atoms with Crippen molar-refractivity contribution < 1.29 is 28.7 Å². The number of nitrogens with one attached hydrogen (secondary N) is 2. The fraction of sp³-hybridized carbons (Fsp3) is 0.565. The van der Waals surface area contributed by atoms with Gasteiger partial charge < -0.3 is 20.1 Å². The maximum Gasteiger partial charge on any atom is 0.410 e. The van der Waals surface area contributed by atoms with Gasteiger partial charge in [0.2, 0.25) is 11.8 Å². The Morgan fingerprint density at radius 2 is 1.84 bits per heavy atom. The van der Waals surface area contributed by atoms with Crippen LogP contribution in [0.3, 0.4) is 0 Å². The Labute approximate surface area is 188 Å². The van der Waals surface area contributed by atoms with E-state index in [0.717, 1.165) is 5.56 Å². The van der Waals surface area contributed by atoms with Crippen LogP contribution in [0.4, 0.5) is 4.79 Å². The summed E-state index contributed by atoms with van der Waals surface area (Å²) in [6, 6.07) is 7.78. The molecule has 9 nitrogen and oxygen atoms in total. The van der Waals surface area contributed by atoms with Crippen LogP contribution in [-0.2, 0) is 30.5 Å². The number of carbonyl (C=O) groups excluding carboxylic acids is 4. The second-order valence-corrected chi connectivity index (χ2v) is 8.11. The molecule has 1 aliphatic rings. The Morgan fingerprint density at radius 1 is 1.12 bits per heavy atom. The zero-order chi connectivity index (χ0) is 23.5. The standard InChI is InChI=1S/C23H33N3O6/c1-4-31-20(27)14-24-21(28)18(13-16(2)3)25-22(29)19-11-8-12-26(19)23(30)32-15-17-9-6-5-7-10-17/h5-7,9-10,16,18-19H,4,8,11-15H2,1-3H3,(H,24,28)(H,25,29). The Kier molecular flexibility index (Phi) is 9.97. The van der Waals surface area contributed by atoms with E-state index < -0.39 is 36.0 Å². The molecule has 1 fully saturated rings. The Hall–Kier alpha value is -3.10. The van der Waals surface area contributed by atoms with Gasteiger partial charge in [-0.3, -0.25) is 19.3 Å². The van der Waals surface area contributed by atoms with Gasteiger partial charge in [-0.05, 0) is 37.7 Å². The molecule has 176 valence electrons. The van der Waals surface area contributed by atoms with Gasteiger partial charge in [-0.2, -0.15) is 0 Å². The molecule has 9 heteroatoms. The lowest BCUT2D eigenvalue weighted by Crippen LogP contribution is -2.54. The molecule has 0 saturated carbocycles. The minimum atomic E-state index is -0.820. The van der Waals surface area contributed by atoms with Crippen LogP contribution in [0.15, 0.2) is 30.3 Å². The van der Waals surface area contributed by atoms with Gasteiger partial charge in [0.15, 0.2) is 0 Å². The largest absolute Gasteiger partial charge is 0.465 e. The van der Waals surface area contributed by atoms with Crippen LogP contribution < -0.4 is 10.6 Å². The molecule has 32 heavy (non-hydrogen) atoms. The fourth-order valence-electron chi connectivity index (χ4n) is 3.53. The molecule has 0 radical (unpaired) electrons. The van der Waals surface area contributed by atoms with E-state index in [9.17, 15) is 19.2 Å². The topological polar surface area (TPSA) is 114 Å². The van der Waals surface area contributed by atoms with Crippen molar-refractivity contribution >= 4 is 23.9 Å². The third kappa shape index (κ3) is 7.86.